The molecule has 0 aliphatic carbocycles. The fourth-order valence-electron chi connectivity index (χ4n) is 3.83. The van der Waals surface area contributed by atoms with E-state index in [9.17, 15) is 4.79 Å². The maximum Gasteiger partial charge on any atom is 0.326 e. The van der Waals surface area contributed by atoms with Gasteiger partial charge in [0.25, 0.3) is 0 Å². The van der Waals surface area contributed by atoms with Crippen LogP contribution in [0.3, 0.4) is 0 Å². The first-order valence-corrected chi connectivity index (χ1v) is 8.13. The van der Waals surface area contributed by atoms with Crippen molar-refractivity contribution in [1.29, 1.82) is 0 Å². The first-order valence-electron chi connectivity index (χ1n) is 8.13. The van der Waals surface area contributed by atoms with Crippen LogP contribution in [0.25, 0.3) is 11.0 Å². The average Bonchev–Trinajstić information content (AvgIpc) is 2.80. The van der Waals surface area contributed by atoms with E-state index in [-0.39, 0.29) is 11.7 Å². The molecule has 0 saturated carbocycles. The van der Waals surface area contributed by atoms with Crippen molar-refractivity contribution in [2.75, 3.05) is 13.1 Å². The second-order valence-electron chi connectivity index (χ2n) is 6.16. The standard InChI is InChI=1S/C17H25N3O/c1-4-9-19(10-5-2)15-11-13-7-6-8-14-16(13)20(12(15)3)17(21)18-14/h6-8,12,15H,4-5,9-11H2,1-3H3,(H,18,21)/t12-,15?/m1/s1. The summed E-state index contributed by atoms with van der Waals surface area (Å²) in [6.07, 6.45) is 3.35. The van der Waals surface area contributed by atoms with Gasteiger partial charge in [-0.05, 0) is 50.9 Å². The van der Waals surface area contributed by atoms with Crippen LogP contribution in [0.4, 0.5) is 0 Å². The summed E-state index contributed by atoms with van der Waals surface area (Å²) < 4.78 is 1.97. The molecule has 2 atom stereocenters. The van der Waals surface area contributed by atoms with Crippen LogP contribution in [0.1, 0.15) is 45.2 Å². The van der Waals surface area contributed by atoms with Crippen LogP contribution < -0.4 is 5.69 Å². The molecule has 0 saturated heterocycles. The quantitative estimate of drug-likeness (QED) is 0.918. The number of hydrogen-bond donors (Lipinski definition) is 1. The van der Waals surface area contributed by atoms with Gasteiger partial charge in [0.15, 0.2) is 0 Å². The second kappa shape index (κ2) is 5.68. The summed E-state index contributed by atoms with van der Waals surface area (Å²) in [5.41, 5.74) is 3.41. The topological polar surface area (TPSA) is 41.0 Å². The second-order valence-corrected chi connectivity index (χ2v) is 6.16. The Hall–Kier alpha value is -1.55. The van der Waals surface area contributed by atoms with Crippen LogP contribution in [0.2, 0.25) is 0 Å². The van der Waals surface area contributed by atoms with Gasteiger partial charge in [0, 0.05) is 6.04 Å². The molecule has 1 aliphatic heterocycles. The highest BCUT2D eigenvalue weighted by atomic mass is 16.1. The Morgan fingerprint density at radius 1 is 1.29 bits per heavy atom. The van der Waals surface area contributed by atoms with Crippen LogP contribution in [-0.2, 0) is 6.42 Å². The predicted octanol–water partition coefficient (Wildman–Crippen LogP) is 2.94. The molecule has 0 spiro atoms. The molecule has 21 heavy (non-hydrogen) atoms. The lowest BCUT2D eigenvalue weighted by molar-refractivity contribution is 0.144. The zero-order chi connectivity index (χ0) is 15.0. The molecule has 0 radical (unpaired) electrons. The minimum Gasteiger partial charge on any atom is -0.306 e. The number of benzene rings is 1. The number of rotatable bonds is 5. The Kier molecular flexibility index (Phi) is 3.89. The number of para-hydroxylation sites is 1. The minimum absolute atomic E-state index is 0.0302. The minimum atomic E-state index is 0.0302. The number of aromatic amines is 1. The fraction of sp³-hybridized carbons (Fsp3) is 0.588. The third kappa shape index (κ3) is 2.31. The molecule has 0 bridgehead atoms. The van der Waals surface area contributed by atoms with Gasteiger partial charge in [-0.25, -0.2) is 4.79 Å². The van der Waals surface area contributed by atoms with Gasteiger partial charge in [0.2, 0.25) is 0 Å². The molecule has 3 rings (SSSR count). The molecule has 1 aliphatic rings. The van der Waals surface area contributed by atoms with Gasteiger partial charge < -0.3 is 4.98 Å². The van der Waals surface area contributed by atoms with Crippen molar-refractivity contribution in [2.24, 2.45) is 0 Å². The molecule has 2 aromatic rings. The van der Waals surface area contributed by atoms with Crippen molar-refractivity contribution < 1.29 is 0 Å². The lowest BCUT2D eigenvalue weighted by Crippen LogP contribution is -2.46. The Bertz CT molecular complexity index is 679. The number of imidazole rings is 1. The molecule has 1 aromatic heterocycles. The van der Waals surface area contributed by atoms with Crippen LogP contribution >= 0.6 is 0 Å². The molecule has 0 fully saturated rings. The molecular formula is C17H25N3O. The maximum atomic E-state index is 12.3. The zero-order valence-electron chi connectivity index (χ0n) is 13.2. The van der Waals surface area contributed by atoms with Gasteiger partial charge in [0.05, 0.1) is 17.1 Å². The SMILES string of the molecule is CCCN(CCC)C1Cc2cccc3[nH]c(=O)n(c23)[C@@H]1C. The summed E-state index contributed by atoms with van der Waals surface area (Å²) in [4.78, 5) is 17.9. The summed E-state index contributed by atoms with van der Waals surface area (Å²) >= 11 is 0. The predicted molar refractivity (Wildman–Crippen MR) is 86.9 cm³/mol. The van der Waals surface area contributed by atoms with Crippen LogP contribution in [0.15, 0.2) is 23.0 Å². The summed E-state index contributed by atoms with van der Waals surface area (Å²) in [5, 5.41) is 0. The zero-order valence-corrected chi connectivity index (χ0v) is 13.2. The van der Waals surface area contributed by atoms with Crippen molar-refractivity contribution >= 4 is 11.0 Å². The van der Waals surface area contributed by atoms with E-state index in [0.717, 1.165) is 43.4 Å². The van der Waals surface area contributed by atoms with E-state index < -0.39 is 0 Å². The van der Waals surface area contributed by atoms with Gasteiger partial charge in [-0.1, -0.05) is 26.0 Å². The van der Waals surface area contributed by atoms with Crippen molar-refractivity contribution in [2.45, 2.75) is 52.1 Å². The molecule has 1 N–H and O–H groups in total. The lowest BCUT2D eigenvalue weighted by Gasteiger charge is -2.39. The smallest absolute Gasteiger partial charge is 0.306 e. The molecular weight excluding hydrogens is 262 g/mol. The van der Waals surface area contributed by atoms with Crippen molar-refractivity contribution in [1.82, 2.24) is 14.5 Å². The first kappa shape index (κ1) is 14.4. The Morgan fingerprint density at radius 3 is 2.67 bits per heavy atom. The normalized spacial score (nSPS) is 21.3. The van der Waals surface area contributed by atoms with Gasteiger partial charge >= 0.3 is 5.69 Å². The van der Waals surface area contributed by atoms with E-state index in [0.29, 0.717) is 6.04 Å². The molecule has 1 aromatic carbocycles. The number of nitrogens with one attached hydrogen (secondary N) is 1. The third-order valence-electron chi connectivity index (χ3n) is 4.70. The summed E-state index contributed by atoms with van der Waals surface area (Å²) in [5.74, 6) is 0. The third-order valence-corrected chi connectivity index (χ3v) is 4.70. The highest BCUT2D eigenvalue weighted by Crippen LogP contribution is 2.31. The van der Waals surface area contributed by atoms with E-state index in [1.54, 1.807) is 0 Å². The number of hydrogen-bond acceptors (Lipinski definition) is 2. The van der Waals surface area contributed by atoms with Gasteiger partial charge in [-0.2, -0.15) is 0 Å². The van der Waals surface area contributed by atoms with Gasteiger partial charge in [-0.15, -0.1) is 0 Å². The maximum absolute atomic E-state index is 12.3. The molecule has 1 unspecified atom stereocenters. The van der Waals surface area contributed by atoms with E-state index in [2.05, 4.69) is 42.8 Å². The Labute approximate surface area is 125 Å². The number of aromatic nitrogens is 2. The van der Waals surface area contributed by atoms with Gasteiger partial charge in [-0.3, -0.25) is 9.47 Å². The van der Waals surface area contributed by atoms with E-state index in [4.69, 9.17) is 0 Å². The average molecular weight is 287 g/mol. The monoisotopic (exact) mass is 287 g/mol. The number of nitrogens with zero attached hydrogens (tertiary/aromatic N) is 2. The summed E-state index contributed by atoms with van der Waals surface area (Å²) in [6.45, 7) is 8.85. The molecule has 114 valence electrons. The fourth-order valence-corrected chi connectivity index (χ4v) is 3.83. The van der Waals surface area contributed by atoms with Crippen LogP contribution in [-0.4, -0.2) is 33.6 Å². The number of H-pyrrole nitrogens is 1. The summed E-state index contributed by atoms with van der Waals surface area (Å²) in [7, 11) is 0. The highest BCUT2D eigenvalue weighted by molar-refractivity contribution is 5.80. The Balaban J connectivity index is 2.05. The molecule has 4 heteroatoms. The molecule has 4 nitrogen and oxygen atoms in total. The van der Waals surface area contributed by atoms with Crippen molar-refractivity contribution in [3.8, 4) is 0 Å². The van der Waals surface area contributed by atoms with Crippen molar-refractivity contribution in [3.63, 3.8) is 0 Å². The summed E-state index contributed by atoms with van der Waals surface area (Å²) in [6, 6.07) is 6.85. The van der Waals surface area contributed by atoms with E-state index >= 15 is 0 Å². The van der Waals surface area contributed by atoms with Crippen molar-refractivity contribution in [3.05, 3.63) is 34.2 Å². The lowest BCUT2D eigenvalue weighted by atomic mass is 9.93. The van der Waals surface area contributed by atoms with Crippen LogP contribution in [0.5, 0.6) is 0 Å². The molecule has 0 amide bonds. The Morgan fingerprint density at radius 2 is 2.00 bits per heavy atom. The first-order chi connectivity index (χ1) is 10.2. The van der Waals surface area contributed by atoms with Crippen LogP contribution in [0, 0.1) is 0 Å². The highest BCUT2D eigenvalue weighted by Gasteiger charge is 2.32. The van der Waals surface area contributed by atoms with E-state index in [1.165, 1.54) is 5.56 Å². The van der Waals surface area contributed by atoms with E-state index in [1.807, 2.05) is 10.6 Å². The van der Waals surface area contributed by atoms with Gasteiger partial charge in [0.1, 0.15) is 0 Å². The molecule has 2 heterocycles. The largest absolute Gasteiger partial charge is 0.326 e.